The number of rotatable bonds is 9. The first-order valence-electron chi connectivity index (χ1n) is 29.5. The van der Waals surface area contributed by atoms with Gasteiger partial charge in [-0.15, -0.1) is 0 Å². The highest BCUT2D eigenvalue weighted by molar-refractivity contribution is 7.91. The minimum Gasteiger partial charge on any atom is -0.393 e. The molecule has 0 radical (unpaired) electrons. The monoisotopic (exact) mass is 1390 g/mol. The molecule has 2 aliphatic rings. The fourth-order valence-electron chi connectivity index (χ4n) is 10.3. The van der Waals surface area contributed by atoms with Crippen LogP contribution in [0.2, 0.25) is 0 Å². The maximum absolute atomic E-state index is 14.9. The number of sulfone groups is 1. The van der Waals surface area contributed by atoms with Gasteiger partial charge in [-0.3, -0.25) is 19.4 Å². The molecule has 0 saturated carbocycles. The Kier molecular flexibility index (Phi) is 21.0. The van der Waals surface area contributed by atoms with E-state index in [4.69, 9.17) is 17.2 Å². The maximum Gasteiger partial charge on any atom is 0.416 e. The highest BCUT2D eigenvalue weighted by Gasteiger charge is 2.37. The Morgan fingerprint density at radius 3 is 1.17 bits per heavy atom. The third-order valence-corrected chi connectivity index (χ3v) is 17.0. The van der Waals surface area contributed by atoms with Crippen LogP contribution in [0.15, 0.2) is 146 Å². The van der Waals surface area contributed by atoms with Crippen LogP contribution in [0.1, 0.15) is 81.4 Å². The van der Waals surface area contributed by atoms with Crippen LogP contribution in [0, 0.1) is 17.5 Å². The predicted octanol–water partition coefficient (Wildman–Crippen LogP) is 12.6. The zero-order chi connectivity index (χ0) is 71.4. The number of nitrogen functional groups attached to an aromatic ring is 3. The molecule has 98 heavy (non-hydrogen) atoms. The van der Waals surface area contributed by atoms with E-state index < -0.39 is 91.9 Å². The van der Waals surface area contributed by atoms with Gasteiger partial charge in [0.2, 0.25) is 11.9 Å². The molecule has 0 atom stereocenters. The van der Waals surface area contributed by atoms with Crippen LogP contribution in [0.4, 0.5) is 70.4 Å². The maximum atomic E-state index is 14.9. The number of carbonyl (C=O) groups is 3. The van der Waals surface area contributed by atoms with Gasteiger partial charge in [-0.1, -0.05) is 48.5 Å². The summed E-state index contributed by atoms with van der Waals surface area (Å²) in [5.74, 6) is -4.39. The Bertz CT molecular complexity index is 4560. The SMILES string of the molecule is CC(C)(C)NC(=O)c1cc(C(F)(F)F)ccc1-c1ccc(-c2cnc(N)nc2)c(F)c1.Nc1cnc(-c2ccc(-c3ccc(C(F)(F)F)cc3C(=O)N3CCC(O)CC3)cc2F)cn1.Nc1ncc(-c2ccc(-c3ccc(C(F)(F)F)cc3C(=O)N3CCS(=O)(=O)CC3)cc2F)cn1. The van der Waals surface area contributed by atoms with Crippen molar-refractivity contribution in [1.82, 2.24) is 45.0 Å². The lowest BCUT2D eigenvalue weighted by Gasteiger charge is -2.30. The Hall–Kier alpha value is -10.6. The lowest BCUT2D eigenvalue weighted by atomic mass is 9.94. The molecule has 0 aliphatic carbocycles. The van der Waals surface area contributed by atoms with E-state index in [0.29, 0.717) is 30.0 Å². The molecular weight excluding hydrogens is 1330 g/mol. The summed E-state index contributed by atoms with van der Waals surface area (Å²) in [5, 5.41) is 12.3. The summed E-state index contributed by atoms with van der Waals surface area (Å²) in [6.45, 7) is 5.30. The summed E-state index contributed by atoms with van der Waals surface area (Å²) in [4.78, 5) is 64.8. The van der Waals surface area contributed by atoms with Crippen molar-refractivity contribution in [3.05, 3.63) is 197 Å². The first-order valence-corrected chi connectivity index (χ1v) is 31.3. The van der Waals surface area contributed by atoms with E-state index in [-0.39, 0.29) is 128 Å². The minimum atomic E-state index is -4.71. The first kappa shape index (κ1) is 71.7. The van der Waals surface area contributed by atoms with Crippen molar-refractivity contribution < 1.29 is 80.6 Å². The number of likely N-dealkylation sites (tertiary alicyclic amines) is 1. The normalized spacial score (nSPS) is 14.3. The zero-order valence-electron chi connectivity index (χ0n) is 51.8. The fraction of sp³-hybridized carbons (Fsp3) is 0.239. The zero-order valence-corrected chi connectivity index (χ0v) is 52.6. The van der Waals surface area contributed by atoms with Gasteiger partial charge in [0, 0.05) is 101 Å². The van der Waals surface area contributed by atoms with Crippen LogP contribution in [0.3, 0.4) is 0 Å². The Labute approximate surface area is 551 Å². The largest absolute Gasteiger partial charge is 0.416 e. The van der Waals surface area contributed by atoms with Crippen LogP contribution >= 0.6 is 0 Å². The molecule has 0 unspecified atom stereocenters. The molecule has 9 aromatic rings. The molecular formula is C67H58F12N12O6S. The number of halogens is 12. The van der Waals surface area contributed by atoms with E-state index >= 15 is 0 Å². The molecule has 512 valence electrons. The molecule has 0 spiro atoms. The Morgan fingerprint density at radius 2 is 0.816 bits per heavy atom. The van der Waals surface area contributed by atoms with Gasteiger partial charge >= 0.3 is 18.5 Å². The van der Waals surface area contributed by atoms with Gasteiger partial charge in [-0.2, -0.15) is 39.5 Å². The summed E-state index contributed by atoms with van der Waals surface area (Å²) in [6, 6.07) is 20.4. The number of aliphatic hydroxyl groups excluding tert-OH is 1. The van der Waals surface area contributed by atoms with Crippen LogP contribution in [-0.4, -0.2) is 120 Å². The minimum absolute atomic E-state index is 0.0131. The van der Waals surface area contributed by atoms with E-state index in [1.54, 1.807) is 20.8 Å². The standard InChI is InChI=1S/C23H20F4N4O2.C22H18F4N4O3S.C22H20F4N4O/c24-19-9-13(1-3-17(19)20-11-30-21(28)12-29-20)16-4-2-14(23(25,26)27)10-18(16)22(33)31-7-5-15(32)6-8-31;23-19-9-13(1-3-17(19)14-11-28-21(27)29-12-14)16-4-2-15(22(24,25)26)10-18(16)20(31)30-5-7-34(32,33)8-6-30;1-21(2,3)30-19(31)17-9-14(22(24,25)26)5-7-15(17)12-4-6-16(18(23)8-12)13-10-28-20(27)29-11-13/h1-4,9-12,15,32H,5-8H2,(H2,28,30);1-4,9-12H,5-8H2,(H2,27,28,29);4-11H,1-3H3,(H,30,31)(H2,27,28,29). The van der Waals surface area contributed by atoms with Crippen LogP contribution in [0.5, 0.6) is 0 Å². The number of alkyl halides is 9. The molecule has 3 amide bonds. The number of hydrogen-bond acceptors (Lipinski definition) is 15. The van der Waals surface area contributed by atoms with Gasteiger partial charge < -0.3 is 37.4 Å². The van der Waals surface area contributed by atoms with Crippen molar-refractivity contribution in [1.29, 1.82) is 0 Å². The van der Waals surface area contributed by atoms with E-state index in [1.165, 1.54) is 95.5 Å². The highest BCUT2D eigenvalue weighted by Crippen LogP contribution is 2.40. The van der Waals surface area contributed by atoms with Gasteiger partial charge in [0.25, 0.3) is 17.7 Å². The molecule has 11 rings (SSSR count). The second-order valence-electron chi connectivity index (χ2n) is 23.5. The van der Waals surface area contributed by atoms with Crippen molar-refractivity contribution in [3.8, 4) is 66.9 Å². The number of amides is 3. The van der Waals surface area contributed by atoms with Crippen LogP contribution < -0.4 is 22.5 Å². The molecule has 2 saturated heterocycles. The van der Waals surface area contributed by atoms with Crippen molar-refractivity contribution in [2.45, 2.75) is 63.8 Å². The number of aromatic nitrogens is 6. The van der Waals surface area contributed by atoms with E-state index in [0.717, 1.165) is 54.6 Å². The predicted molar refractivity (Wildman–Crippen MR) is 340 cm³/mol. The molecule has 31 heteroatoms. The number of piperidine rings is 1. The van der Waals surface area contributed by atoms with Crippen molar-refractivity contribution in [3.63, 3.8) is 0 Å². The molecule has 0 bridgehead atoms. The van der Waals surface area contributed by atoms with Crippen molar-refractivity contribution in [2.24, 2.45) is 0 Å². The number of nitrogens with two attached hydrogens (primary N) is 3. The Balaban J connectivity index is 0.000000172. The molecule has 18 nitrogen and oxygen atoms in total. The summed E-state index contributed by atoms with van der Waals surface area (Å²) >= 11 is 0. The summed E-state index contributed by atoms with van der Waals surface area (Å²) < 4.78 is 188. The average Bonchev–Trinajstić information content (AvgIpc) is 0.791. The lowest BCUT2D eigenvalue weighted by molar-refractivity contribution is -0.138. The third-order valence-electron chi connectivity index (χ3n) is 15.4. The topological polar surface area (TPSA) is 279 Å². The van der Waals surface area contributed by atoms with Gasteiger partial charge in [-0.05, 0) is 128 Å². The smallest absolute Gasteiger partial charge is 0.393 e. The van der Waals surface area contributed by atoms with E-state index in [9.17, 15) is 80.6 Å². The van der Waals surface area contributed by atoms with Gasteiger partial charge in [-0.25, -0.2) is 46.5 Å². The molecule has 3 aromatic heterocycles. The highest BCUT2D eigenvalue weighted by atomic mass is 32.2. The lowest BCUT2D eigenvalue weighted by Crippen LogP contribution is -2.43. The second kappa shape index (κ2) is 28.6. The van der Waals surface area contributed by atoms with Crippen LogP contribution in [-0.2, 0) is 28.4 Å². The van der Waals surface area contributed by atoms with Gasteiger partial charge in [0.15, 0.2) is 9.84 Å². The van der Waals surface area contributed by atoms with Gasteiger partial charge in [0.1, 0.15) is 23.3 Å². The second-order valence-corrected chi connectivity index (χ2v) is 25.8. The van der Waals surface area contributed by atoms with Crippen molar-refractivity contribution >= 4 is 45.3 Å². The number of hydrogen-bond donors (Lipinski definition) is 5. The van der Waals surface area contributed by atoms with E-state index in [2.05, 4.69) is 35.2 Å². The van der Waals surface area contributed by atoms with Crippen LogP contribution in [0.25, 0.3) is 66.9 Å². The quantitative estimate of drug-likeness (QED) is 0.0840. The number of aliphatic hydroxyl groups is 1. The first-order chi connectivity index (χ1) is 45.9. The Morgan fingerprint density at radius 1 is 0.459 bits per heavy atom. The number of nitrogens with zero attached hydrogens (tertiary/aromatic N) is 8. The summed E-state index contributed by atoms with van der Waals surface area (Å²) in [6.07, 6.45) is -5.86. The molecule has 5 heterocycles. The molecule has 6 aromatic carbocycles. The molecule has 2 fully saturated rings. The number of nitrogens with one attached hydrogen (secondary N) is 1. The fourth-order valence-corrected chi connectivity index (χ4v) is 11.5. The van der Waals surface area contributed by atoms with Crippen molar-refractivity contribution in [2.75, 3.05) is 54.9 Å². The summed E-state index contributed by atoms with van der Waals surface area (Å²) in [7, 11) is -3.31. The van der Waals surface area contributed by atoms with E-state index in [1.807, 2.05) is 0 Å². The third kappa shape index (κ3) is 17.5. The average molecular weight is 1390 g/mol. The summed E-state index contributed by atoms with van der Waals surface area (Å²) in [5.41, 5.74) is 14.6. The molecule has 8 N–H and O–H groups in total. The van der Waals surface area contributed by atoms with Gasteiger partial charge in [0.05, 0.1) is 52.4 Å². The molecule has 2 aliphatic heterocycles. The number of anilines is 3. The number of carbonyl (C=O) groups excluding carboxylic acids is 3. The number of benzene rings is 6.